The summed E-state index contributed by atoms with van der Waals surface area (Å²) in [6.07, 6.45) is -0.337. The summed E-state index contributed by atoms with van der Waals surface area (Å²) in [7, 11) is -2.51. The number of amides is 1. The largest absolute Gasteiger partial charge is 0.495 e. The Bertz CT molecular complexity index is 626. The van der Waals surface area contributed by atoms with Gasteiger partial charge in [0.05, 0.1) is 24.1 Å². The van der Waals surface area contributed by atoms with E-state index >= 15 is 0 Å². The van der Waals surface area contributed by atoms with Gasteiger partial charge in [0.2, 0.25) is 15.9 Å². The number of carboxylic acid groups (broad SMARTS) is 1. The van der Waals surface area contributed by atoms with E-state index in [0.29, 0.717) is 0 Å². The zero-order valence-corrected chi connectivity index (χ0v) is 11.4. The molecule has 1 aromatic rings. The first-order valence-electron chi connectivity index (χ1n) is 5.45. The molecule has 0 bridgehead atoms. The molecular weight excluding hydrogens is 288 g/mol. The number of benzene rings is 1. The van der Waals surface area contributed by atoms with Gasteiger partial charge in [-0.3, -0.25) is 9.52 Å². The number of carbonyl (C=O) groups excluding carboxylic acids is 1. The number of hydrogen-bond donors (Lipinski definition) is 3. The molecule has 8 nitrogen and oxygen atoms in total. The second-order valence-electron chi connectivity index (χ2n) is 3.86. The lowest BCUT2D eigenvalue weighted by molar-refractivity contribution is -0.117. The summed E-state index contributed by atoms with van der Waals surface area (Å²) in [6.45, 7) is 0. The first kappa shape index (κ1) is 15.8. The Morgan fingerprint density at radius 3 is 2.55 bits per heavy atom. The molecule has 1 amide bonds. The molecule has 0 aliphatic rings. The first-order chi connectivity index (χ1) is 9.25. The van der Waals surface area contributed by atoms with E-state index in [-0.39, 0.29) is 23.4 Å². The highest BCUT2D eigenvalue weighted by Gasteiger charge is 2.16. The zero-order chi connectivity index (χ0) is 15.3. The molecule has 0 aliphatic heterocycles. The number of hydrogen-bond acceptors (Lipinski definition) is 5. The molecule has 0 saturated carbocycles. The predicted octanol–water partition coefficient (Wildman–Crippen LogP) is 0.0105. The molecule has 110 valence electrons. The fraction of sp³-hybridized carbons (Fsp3) is 0.273. The monoisotopic (exact) mass is 302 g/mol. The summed E-state index contributed by atoms with van der Waals surface area (Å²) in [5, 5.41) is 8.87. The number of methoxy groups -OCH3 is 1. The van der Waals surface area contributed by atoms with Crippen molar-refractivity contribution in [3.05, 3.63) is 23.8 Å². The van der Waals surface area contributed by atoms with Crippen molar-refractivity contribution >= 4 is 27.6 Å². The smallest absolute Gasteiger partial charge is 0.335 e. The summed E-state index contributed by atoms with van der Waals surface area (Å²) < 4.78 is 30.6. The van der Waals surface area contributed by atoms with Crippen molar-refractivity contribution in [3.8, 4) is 5.75 Å². The van der Waals surface area contributed by atoms with Gasteiger partial charge in [-0.1, -0.05) is 0 Å². The van der Waals surface area contributed by atoms with Gasteiger partial charge in [0.25, 0.3) is 0 Å². The Labute approximate surface area is 115 Å². The number of aromatic carboxylic acids is 1. The number of carboxylic acids is 1. The number of sulfonamides is 1. The molecule has 0 fully saturated rings. The van der Waals surface area contributed by atoms with Crippen LogP contribution in [0.4, 0.5) is 5.69 Å². The molecule has 0 unspecified atom stereocenters. The minimum Gasteiger partial charge on any atom is -0.495 e. The second-order valence-corrected chi connectivity index (χ2v) is 5.70. The van der Waals surface area contributed by atoms with Crippen molar-refractivity contribution in [3.63, 3.8) is 0 Å². The maximum absolute atomic E-state index is 11.7. The van der Waals surface area contributed by atoms with Crippen LogP contribution in [-0.2, 0) is 14.8 Å². The van der Waals surface area contributed by atoms with Crippen LogP contribution in [0.5, 0.6) is 5.75 Å². The molecule has 0 saturated heterocycles. The van der Waals surface area contributed by atoms with E-state index in [2.05, 4.69) is 4.72 Å². The van der Waals surface area contributed by atoms with Gasteiger partial charge in [0, 0.05) is 6.42 Å². The van der Waals surface area contributed by atoms with Gasteiger partial charge in [0.15, 0.2) is 0 Å². The third-order valence-electron chi connectivity index (χ3n) is 2.33. The average molecular weight is 302 g/mol. The highest BCUT2D eigenvalue weighted by atomic mass is 32.2. The third-order valence-corrected chi connectivity index (χ3v) is 3.60. The number of primary amides is 1. The van der Waals surface area contributed by atoms with Gasteiger partial charge in [-0.25, -0.2) is 13.2 Å². The predicted molar refractivity (Wildman–Crippen MR) is 71.2 cm³/mol. The molecule has 0 heterocycles. The Morgan fingerprint density at radius 2 is 2.05 bits per heavy atom. The van der Waals surface area contributed by atoms with Crippen LogP contribution < -0.4 is 15.2 Å². The van der Waals surface area contributed by atoms with Crippen LogP contribution in [0, 0.1) is 0 Å². The molecule has 0 atom stereocenters. The topological polar surface area (TPSA) is 136 Å². The van der Waals surface area contributed by atoms with Crippen molar-refractivity contribution < 1.29 is 27.9 Å². The van der Waals surface area contributed by atoms with Crippen LogP contribution in [0.1, 0.15) is 16.8 Å². The summed E-state index contributed by atoms with van der Waals surface area (Å²) >= 11 is 0. The van der Waals surface area contributed by atoms with Crippen molar-refractivity contribution in [2.75, 3.05) is 17.6 Å². The molecule has 1 rings (SSSR count). The Kier molecular flexibility index (Phi) is 4.92. The first-order valence-corrected chi connectivity index (χ1v) is 7.10. The quantitative estimate of drug-likeness (QED) is 0.649. The number of carbonyl (C=O) groups is 2. The van der Waals surface area contributed by atoms with Gasteiger partial charge >= 0.3 is 5.97 Å². The molecule has 0 radical (unpaired) electrons. The number of nitrogens with one attached hydrogen (secondary N) is 1. The van der Waals surface area contributed by atoms with Gasteiger partial charge in [-0.15, -0.1) is 0 Å². The summed E-state index contributed by atoms with van der Waals surface area (Å²) in [4.78, 5) is 21.4. The van der Waals surface area contributed by atoms with E-state index in [0.717, 1.165) is 6.07 Å². The fourth-order valence-corrected chi connectivity index (χ4v) is 2.44. The highest BCUT2D eigenvalue weighted by molar-refractivity contribution is 7.92. The Balaban J connectivity index is 3.03. The fourth-order valence-electron chi connectivity index (χ4n) is 1.37. The van der Waals surface area contributed by atoms with Crippen LogP contribution in [0.2, 0.25) is 0 Å². The van der Waals surface area contributed by atoms with Gasteiger partial charge in [-0.05, 0) is 18.2 Å². The van der Waals surface area contributed by atoms with E-state index in [1.165, 1.54) is 19.2 Å². The highest BCUT2D eigenvalue weighted by Crippen LogP contribution is 2.26. The summed E-state index contributed by atoms with van der Waals surface area (Å²) in [5.41, 5.74) is 4.76. The van der Waals surface area contributed by atoms with Gasteiger partial charge < -0.3 is 15.6 Å². The van der Waals surface area contributed by atoms with E-state index in [4.69, 9.17) is 15.6 Å². The minimum absolute atomic E-state index is 0.0168. The molecule has 0 aromatic heterocycles. The lowest BCUT2D eigenvalue weighted by atomic mass is 10.2. The summed E-state index contributed by atoms with van der Waals surface area (Å²) in [6, 6.07) is 3.74. The lowest BCUT2D eigenvalue weighted by Gasteiger charge is -2.12. The van der Waals surface area contributed by atoms with Crippen LogP contribution in [0.3, 0.4) is 0 Å². The van der Waals surface area contributed by atoms with Gasteiger partial charge in [-0.2, -0.15) is 0 Å². The molecule has 0 spiro atoms. The standard InChI is InChI=1S/C11H14N2O6S/c1-19-9-3-2-7(11(15)16)6-8(9)13-20(17,18)5-4-10(12)14/h2-3,6,13H,4-5H2,1H3,(H2,12,14)(H,15,16). The number of nitrogens with two attached hydrogens (primary N) is 1. The molecule has 0 aliphatic carbocycles. The molecular formula is C11H14N2O6S. The van der Waals surface area contributed by atoms with E-state index in [9.17, 15) is 18.0 Å². The SMILES string of the molecule is COc1ccc(C(=O)O)cc1NS(=O)(=O)CCC(N)=O. The van der Waals surface area contributed by atoms with Crippen LogP contribution in [-0.4, -0.2) is 38.3 Å². The third kappa shape index (κ3) is 4.43. The van der Waals surface area contributed by atoms with Crippen molar-refractivity contribution in [2.45, 2.75) is 6.42 Å². The molecule has 9 heteroatoms. The summed E-state index contributed by atoms with van der Waals surface area (Å²) in [5.74, 6) is -2.28. The Morgan fingerprint density at radius 1 is 1.40 bits per heavy atom. The minimum atomic E-state index is -3.83. The lowest BCUT2D eigenvalue weighted by Crippen LogP contribution is -2.22. The van der Waals surface area contributed by atoms with Crippen LogP contribution >= 0.6 is 0 Å². The number of ether oxygens (including phenoxy) is 1. The maximum Gasteiger partial charge on any atom is 0.335 e. The zero-order valence-electron chi connectivity index (χ0n) is 10.6. The normalized spacial score (nSPS) is 10.8. The van der Waals surface area contributed by atoms with Crippen molar-refractivity contribution in [2.24, 2.45) is 5.73 Å². The number of anilines is 1. The molecule has 1 aromatic carbocycles. The molecule has 20 heavy (non-hydrogen) atoms. The average Bonchev–Trinajstić information content (AvgIpc) is 2.36. The number of rotatable bonds is 7. The van der Waals surface area contributed by atoms with Crippen molar-refractivity contribution in [1.82, 2.24) is 0 Å². The molecule has 4 N–H and O–H groups in total. The van der Waals surface area contributed by atoms with Crippen molar-refractivity contribution in [1.29, 1.82) is 0 Å². The van der Waals surface area contributed by atoms with E-state index < -0.39 is 27.7 Å². The van der Waals surface area contributed by atoms with E-state index in [1.807, 2.05) is 0 Å². The maximum atomic E-state index is 11.7. The second kappa shape index (κ2) is 6.24. The van der Waals surface area contributed by atoms with Gasteiger partial charge in [0.1, 0.15) is 5.75 Å². The van der Waals surface area contributed by atoms with Crippen LogP contribution in [0.25, 0.3) is 0 Å². The Hall–Kier alpha value is -2.29. The van der Waals surface area contributed by atoms with E-state index in [1.54, 1.807) is 0 Å². The van der Waals surface area contributed by atoms with Crippen LogP contribution in [0.15, 0.2) is 18.2 Å².